The van der Waals surface area contributed by atoms with Crippen LogP contribution in [-0.4, -0.2) is 39.5 Å². The number of amides is 3. The molecule has 1 aliphatic carbocycles. The van der Waals surface area contributed by atoms with Crippen LogP contribution in [0.2, 0.25) is 0 Å². The summed E-state index contributed by atoms with van der Waals surface area (Å²) in [6, 6.07) is -1.62. The number of hydrogen-bond acceptors (Lipinski definition) is 3. The molecular weight excluding hydrogens is 248 g/mol. The van der Waals surface area contributed by atoms with E-state index in [-0.39, 0.29) is 12.3 Å². The van der Waals surface area contributed by atoms with Crippen LogP contribution >= 0.6 is 0 Å². The van der Waals surface area contributed by atoms with Gasteiger partial charge in [-0.05, 0) is 38.0 Å². The summed E-state index contributed by atoms with van der Waals surface area (Å²) in [6.45, 7) is 3.78. The summed E-state index contributed by atoms with van der Waals surface area (Å²) in [4.78, 5) is 36.5. The van der Waals surface area contributed by atoms with Gasteiger partial charge in [-0.1, -0.05) is 13.8 Å². The van der Waals surface area contributed by atoms with Crippen molar-refractivity contribution in [1.29, 1.82) is 0 Å². The van der Waals surface area contributed by atoms with Crippen LogP contribution in [0.4, 0.5) is 4.79 Å². The number of carbonyl (C=O) groups is 3. The number of carboxylic acids is 1. The van der Waals surface area contributed by atoms with Crippen molar-refractivity contribution in [2.45, 2.75) is 57.5 Å². The van der Waals surface area contributed by atoms with E-state index in [0.717, 1.165) is 17.7 Å². The maximum atomic E-state index is 12.5. The predicted molar refractivity (Wildman–Crippen MR) is 67.5 cm³/mol. The number of carboxylic acid groups (broad SMARTS) is 1. The minimum atomic E-state index is -1.13. The van der Waals surface area contributed by atoms with E-state index in [1.54, 1.807) is 6.92 Å². The molecule has 2 rings (SSSR count). The fourth-order valence-electron chi connectivity index (χ4n) is 2.99. The summed E-state index contributed by atoms with van der Waals surface area (Å²) in [5.41, 5.74) is -0.855. The molecule has 6 nitrogen and oxygen atoms in total. The number of nitrogens with zero attached hydrogens (tertiary/aromatic N) is 1. The van der Waals surface area contributed by atoms with Crippen molar-refractivity contribution in [2.24, 2.45) is 5.92 Å². The Labute approximate surface area is 112 Å². The number of hydrogen-bond donors (Lipinski definition) is 2. The molecule has 6 heteroatoms. The molecule has 1 spiro atoms. The largest absolute Gasteiger partial charge is 0.480 e. The second-order valence-electron chi connectivity index (χ2n) is 5.63. The van der Waals surface area contributed by atoms with Gasteiger partial charge in [-0.25, -0.2) is 14.5 Å². The average Bonchev–Trinajstić information content (AvgIpc) is 2.59. The van der Waals surface area contributed by atoms with Crippen LogP contribution in [0, 0.1) is 5.92 Å². The zero-order chi connectivity index (χ0) is 14.2. The van der Waals surface area contributed by atoms with Crippen LogP contribution in [0.1, 0.15) is 46.0 Å². The highest BCUT2D eigenvalue weighted by molar-refractivity contribution is 6.09. The highest BCUT2D eigenvalue weighted by Crippen LogP contribution is 2.37. The quantitative estimate of drug-likeness (QED) is 0.756. The Morgan fingerprint density at radius 1 is 1.47 bits per heavy atom. The Bertz CT molecular complexity index is 413. The van der Waals surface area contributed by atoms with Crippen LogP contribution < -0.4 is 5.32 Å². The van der Waals surface area contributed by atoms with Crippen molar-refractivity contribution < 1.29 is 19.5 Å². The van der Waals surface area contributed by atoms with E-state index in [2.05, 4.69) is 12.2 Å². The molecule has 1 saturated heterocycles. The molecule has 0 bridgehead atoms. The van der Waals surface area contributed by atoms with Gasteiger partial charge in [0.15, 0.2) is 0 Å². The summed E-state index contributed by atoms with van der Waals surface area (Å²) >= 11 is 0. The van der Waals surface area contributed by atoms with Gasteiger partial charge in [0.2, 0.25) is 0 Å². The molecule has 2 fully saturated rings. The van der Waals surface area contributed by atoms with Gasteiger partial charge in [0.1, 0.15) is 11.6 Å². The molecule has 2 aliphatic rings. The zero-order valence-corrected chi connectivity index (χ0v) is 11.3. The maximum Gasteiger partial charge on any atom is 0.326 e. The third-order valence-corrected chi connectivity index (χ3v) is 4.30. The second kappa shape index (κ2) is 4.83. The minimum Gasteiger partial charge on any atom is -0.480 e. The fraction of sp³-hybridized carbons (Fsp3) is 0.769. The van der Waals surface area contributed by atoms with Crippen LogP contribution in [0.15, 0.2) is 0 Å². The van der Waals surface area contributed by atoms with Crippen LogP contribution in [0.3, 0.4) is 0 Å². The molecular formula is C13H20N2O4. The first kappa shape index (κ1) is 13.8. The SMILES string of the molecule is CCC(C(=O)O)N1C(=O)NC2(CCC(C)CC2)C1=O. The molecule has 2 N–H and O–H groups in total. The summed E-state index contributed by atoms with van der Waals surface area (Å²) in [7, 11) is 0. The molecule has 0 aromatic carbocycles. The van der Waals surface area contributed by atoms with E-state index < -0.39 is 23.6 Å². The van der Waals surface area contributed by atoms with Crippen molar-refractivity contribution in [1.82, 2.24) is 10.2 Å². The molecule has 106 valence electrons. The lowest BCUT2D eigenvalue weighted by molar-refractivity contribution is -0.148. The number of imide groups is 1. The Balaban J connectivity index is 2.23. The predicted octanol–water partition coefficient (Wildman–Crippen LogP) is 1.35. The van der Waals surface area contributed by atoms with Crippen LogP contribution in [0.5, 0.6) is 0 Å². The average molecular weight is 268 g/mol. The number of aliphatic carboxylic acids is 1. The molecule has 1 unspecified atom stereocenters. The van der Waals surface area contributed by atoms with Gasteiger partial charge < -0.3 is 10.4 Å². The van der Waals surface area contributed by atoms with Gasteiger partial charge in [0, 0.05) is 0 Å². The number of carbonyl (C=O) groups excluding carboxylic acids is 2. The van der Waals surface area contributed by atoms with Crippen LogP contribution in [0.25, 0.3) is 0 Å². The molecule has 19 heavy (non-hydrogen) atoms. The lowest BCUT2D eigenvalue weighted by Crippen LogP contribution is -2.51. The molecule has 0 aromatic heterocycles. The van der Waals surface area contributed by atoms with Gasteiger partial charge in [-0.3, -0.25) is 4.79 Å². The van der Waals surface area contributed by atoms with Crippen molar-refractivity contribution in [2.75, 3.05) is 0 Å². The second-order valence-corrected chi connectivity index (χ2v) is 5.63. The Morgan fingerprint density at radius 3 is 2.53 bits per heavy atom. The van der Waals surface area contributed by atoms with E-state index in [1.165, 1.54) is 0 Å². The lowest BCUT2D eigenvalue weighted by Gasteiger charge is -2.34. The van der Waals surface area contributed by atoms with Gasteiger partial charge in [-0.2, -0.15) is 0 Å². The smallest absolute Gasteiger partial charge is 0.326 e. The van der Waals surface area contributed by atoms with Crippen LogP contribution in [-0.2, 0) is 9.59 Å². The van der Waals surface area contributed by atoms with E-state index in [0.29, 0.717) is 18.8 Å². The zero-order valence-electron chi connectivity index (χ0n) is 11.3. The normalized spacial score (nSPS) is 32.5. The first-order valence-corrected chi connectivity index (χ1v) is 6.80. The highest BCUT2D eigenvalue weighted by atomic mass is 16.4. The van der Waals surface area contributed by atoms with E-state index in [4.69, 9.17) is 5.11 Å². The monoisotopic (exact) mass is 268 g/mol. The van der Waals surface area contributed by atoms with Gasteiger partial charge in [-0.15, -0.1) is 0 Å². The first-order valence-electron chi connectivity index (χ1n) is 6.80. The first-order chi connectivity index (χ1) is 8.91. The number of rotatable bonds is 3. The highest BCUT2D eigenvalue weighted by Gasteiger charge is 2.54. The third kappa shape index (κ3) is 2.19. The summed E-state index contributed by atoms with van der Waals surface area (Å²) in [5.74, 6) is -0.947. The molecule has 3 amide bonds. The Morgan fingerprint density at radius 2 is 2.05 bits per heavy atom. The molecule has 1 atom stereocenters. The summed E-state index contributed by atoms with van der Waals surface area (Å²) < 4.78 is 0. The van der Waals surface area contributed by atoms with Gasteiger partial charge in [0.25, 0.3) is 5.91 Å². The van der Waals surface area contributed by atoms with Gasteiger partial charge in [0.05, 0.1) is 0 Å². The third-order valence-electron chi connectivity index (χ3n) is 4.30. The summed E-state index contributed by atoms with van der Waals surface area (Å²) in [5, 5.41) is 11.9. The van der Waals surface area contributed by atoms with Gasteiger partial charge >= 0.3 is 12.0 Å². The van der Waals surface area contributed by atoms with Crippen molar-refractivity contribution in [3.05, 3.63) is 0 Å². The van der Waals surface area contributed by atoms with Crippen molar-refractivity contribution in [3.63, 3.8) is 0 Å². The van der Waals surface area contributed by atoms with E-state index in [1.807, 2.05) is 0 Å². The number of urea groups is 1. The van der Waals surface area contributed by atoms with E-state index in [9.17, 15) is 14.4 Å². The molecule has 1 saturated carbocycles. The topological polar surface area (TPSA) is 86.7 Å². The standard InChI is InChI=1S/C13H20N2O4/c1-3-9(10(16)17)15-11(18)13(14-12(15)19)6-4-8(2)5-7-13/h8-9H,3-7H2,1-2H3,(H,14,19)(H,16,17). The minimum absolute atomic E-state index is 0.223. The molecule has 0 radical (unpaired) electrons. The number of nitrogens with one attached hydrogen (secondary N) is 1. The Hall–Kier alpha value is -1.59. The van der Waals surface area contributed by atoms with Crippen molar-refractivity contribution >= 4 is 17.9 Å². The Kier molecular flexibility index (Phi) is 3.52. The maximum absolute atomic E-state index is 12.5. The fourth-order valence-corrected chi connectivity index (χ4v) is 2.99. The molecule has 0 aromatic rings. The molecule has 1 aliphatic heterocycles. The summed E-state index contributed by atoms with van der Waals surface area (Å²) in [6.07, 6.45) is 3.19. The molecule has 1 heterocycles. The van der Waals surface area contributed by atoms with Crippen molar-refractivity contribution in [3.8, 4) is 0 Å². The van der Waals surface area contributed by atoms with E-state index >= 15 is 0 Å². The lowest BCUT2D eigenvalue weighted by atomic mass is 9.77.